The lowest BCUT2D eigenvalue weighted by Crippen LogP contribution is -2.07. The van der Waals surface area contributed by atoms with Crippen LogP contribution in [0.2, 0.25) is 0 Å². The van der Waals surface area contributed by atoms with Crippen LogP contribution in [0, 0.1) is 0 Å². The van der Waals surface area contributed by atoms with Crippen LogP contribution in [0.15, 0.2) is 60.8 Å². The van der Waals surface area contributed by atoms with Crippen LogP contribution in [0.25, 0.3) is 21.3 Å². The van der Waals surface area contributed by atoms with Gasteiger partial charge in [-0.2, -0.15) is 0 Å². The van der Waals surface area contributed by atoms with E-state index in [4.69, 9.17) is 0 Å². The van der Waals surface area contributed by atoms with Gasteiger partial charge in [0.2, 0.25) is 5.91 Å². The van der Waals surface area contributed by atoms with Crippen molar-refractivity contribution in [3.63, 3.8) is 0 Å². The van der Waals surface area contributed by atoms with Crippen LogP contribution in [0.4, 0.5) is 5.82 Å². The van der Waals surface area contributed by atoms with Crippen LogP contribution in [0.3, 0.4) is 0 Å². The van der Waals surface area contributed by atoms with Crippen molar-refractivity contribution in [1.29, 1.82) is 0 Å². The predicted molar refractivity (Wildman–Crippen MR) is 113 cm³/mol. The second-order valence-corrected chi connectivity index (χ2v) is 7.57. The van der Waals surface area contributed by atoms with Gasteiger partial charge in [0.15, 0.2) is 0 Å². The molecule has 144 valence electrons. The molecule has 0 aliphatic rings. The largest absolute Gasteiger partial charge is 0.477 e. The van der Waals surface area contributed by atoms with E-state index in [1.54, 1.807) is 18.3 Å². The summed E-state index contributed by atoms with van der Waals surface area (Å²) < 4.78 is 0. The zero-order valence-corrected chi connectivity index (χ0v) is 16.4. The minimum absolute atomic E-state index is 0.214. The maximum absolute atomic E-state index is 11.8. The Balaban J connectivity index is 1.69. The van der Waals surface area contributed by atoms with Gasteiger partial charge in [0, 0.05) is 25.1 Å². The average Bonchev–Trinajstić information content (AvgIpc) is 3.12. The van der Waals surface area contributed by atoms with Gasteiger partial charge in [-0.05, 0) is 28.5 Å². The summed E-state index contributed by atoms with van der Waals surface area (Å²) in [5.41, 5.74) is 2.23. The van der Waals surface area contributed by atoms with Crippen LogP contribution >= 0.6 is 11.3 Å². The number of amides is 1. The summed E-state index contributed by atoms with van der Waals surface area (Å²) in [5.74, 6) is -0.823. The highest BCUT2D eigenvalue weighted by atomic mass is 32.1. The van der Waals surface area contributed by atoms with Gasteiger partial charge in [0.1, 0.15) is 15.7 Å². The molecule has 0 aliphatic carbocycles. The van der Waals surface area contributed by atoms with Crippen molar-refractivity contribution in [3.05, 3.63) is 76.9 Å². The van der Waals surface area contributed by atoms with Crippen molar-refractivity contribution in [1.82, 2.24) is 9.97 Å². The number of carbonyl (C=O) groups is 2. The number of anilines is 1. The average molecular weight is 403 g/mol. The Hall–Kier alpha value is -3.58. The van der Waals surface area contributed by atoms with Crippen LogP contribution in [0.5, 0.6) is 0 Å². The van der Waals surface area contributed by atoms with Gasteiger partial charge in [-0.25, -0.2) is 14.8 Å². The fraction of sp³-hybridized carbons (Fsp3) is 0.0909. The molecule has 2 aromatic heterocycles. The molecule has 0 saturated carbocycles. The van der Waals surface area contributed by atoms with Gasteiger partial charge < -0.3 is 10.4 Å². The first-order chi connectivity index (χ1) is 14.0. The molecule has 0 fully saturated rings. The van der Waals surface area contributed by atoms with Gasteiger partial charge in [0.25, 0.3) is 0 Å². The van der Waals surface area contributed by atoms with Crippen molar-refractivity contribution in [2.24, 2.45) is 0 Å². The molecule has 0 bridgehead atoms. The number of nitrogens with zero attached hydrogens (tertiary/aromatic N) is 2. The van der Waals surface area contributed by atoms with E-state index < -0.39 is 5.97 Å². The topological polar surface area (TPSA) is 92.2 Å². The van der Waals surface area contributed by atoms with E-state index in [1.807, 2.05) is 36.4 Å². The van der Waals surface area contributed by atoms with E-state index in [-0.39, 0.29) is 10.8 Å². The fourth-order valence-corrected chi connectivity index (χ4v) is 4.03. The molecule has 0 radical (unpaired) electrons. The van der Waals surface area contributed by atoms with Gasteiger partial charge in [0.05, 0.1) is 5.69 Å². The van der Waals surface area contributed by atoms with Crippen LogP contribution < -0.4 is 5.32 Å². The summed E-state index contributed by atoms with van der Waals surface area (Å²) in [7, 11) is 0. The lowest BCUT2D eigenvalue weighted by atomic mass is 10.0. The lowest BCUT2D eigenvalue weighted by Gasteiger charge is -2.03. The second-order valence-electron chi connectivity index (χ2n) is 6.57. The zero-order chi connectivity index (χ0) is 20.4. The first-order valence-electron chi connectivity index (χ1n) is 8.94. The number of fused-ring (bicyclic) bond motifs is 1. The molecule has 2 aromatic carbocycles. The maximum atomic E-state index is 11.8. The minimum atomic E-state index is -0.999. The van der Waals surface area contributed by atoms with E-state index in [0.717, 1.165) is 27.7 Å². The SMILES string of the molecule is CC(=O)Nc1cc(-c2nc(Cc3ccc4ccccc4c3)c(C(=O)O)s2)ccn1. The molecular formula is C22H17N3O3S. The number of carboxylic acids is 1. The number of carboxylic acid groups (broad SMARTS) is 1. The third-order valence-electron chi connectivity index (χ3n) is 4.39. The Morgan fingerprint density at radius 2 is 1.86 bits per heavy atom. The fourth-order valence-electron chi connectivity index (χ4n) is 3.12. The number of benzene rings is 2. The molecule has 6 nitrogen and oxygen atoms in total. The number of nitrogens with one attached hydrogen (secondary N) is 1. The molecule has 0 unspecified atom stereocenters. The quantitative estimate of drug-likeness (QED) is 0.508. The Morgan fingerprint density at radius 1 is 1.07 bits per heavy atom. The summed E-state index contributed by atoms with van der Waals surface area (Å²) in [6.07, 6.45) is 1.98. The third kappa shape index (κ3) is 4.14. The van der Waals surface area contributed by atoms with Crippen molar-refractivity contribution in [3.8, 4) is 10.6 Å². The molecule has 4 rings (SSSR count). The van der Waals surface area contributed by atoms with Crippen molar-refractivity contribution < 1.29 is 14.7 Å². The van der Waals surface area contributed by atoms with E-state index in [0.29, 0.717) is 28.5 Å². The normalized spacial score (nSPS) is 10.8. The molecule has 2 heterocycles. The Kier molecular flexibility index (Phi) is 5.05. The monoisotopic (exact) mass is 403 g/mol. The molecule has 29 heavy (non-hydrogen) atoms. The summed E-state index contributed by atoms with van der Waals surface area (Å²) in [5, 5.41) is 15.1. The molecule has 4 aromatic rings. The van der Waals surface area contributed by atoms with Gasteiger partial charge >= 0.3 is 5.97 Å². The molecule has 0 saturated heterocycles. The smallest absolute Gasteiger partial charge is 0.347 e. The minimum Gasteiger partial charge on any atom is -0.477 e. The molecule has 0 spiro atoms. The summed E-state index contributed by atoms with van der Waals surface area (Å²) in [4.78, 5) is 31.9. The van der Waals surface area contributed by atoms with E-state index in [2.05, 4.69) is 21.4 Å². The lowest BCUT2D eigenvalue weighted by molar-refractivity contribution is -0.114. The Bertz CT molecular complexity index is 1230. The maximum Gasteiger partial charge on any atom is 0.347 e. The van der Waals surface area contributed by atoms with Crippen molar-refractivity contribution in [2.75, 3.05) is 5.32 Å². The highest BCUT2D eigenvalue weighted by molar-refractivity contribution is 7.17. The van der Waals surface area contributed by atoms with Crippen LogP contribution in [-0.2, 0) is 11.2 Å². The van der Waals surface area contributed by atoms with Gasteiger partial charge in [-0.1, -0.05) is 42.5 Å². The van der Waals surface area contributed by atoms with Crippen LogP contribution in [0.1, 0.15) is 27.9 Å². The second kappa shape index (κ2) is 7.81. The Labute approximate surface area is 170 Å². The third-order valence-corrected chi connectivity index (χ3v) is 5.52. The standard InChI is InChI=1S/C22H17N3O3S/c1-13(26)24-19-12-17(8-9-23-19)21-25-18(20(29-21)22(27)28)11-14-6-7-15-4-2-3-5-16(15)10-14/h2-10,12H,11H2,1H3,(H,27,28)(H,23,24,26). The number of pyridine rings is 1. The highest BCUT2D eigenvalue weighted by Crippen LogP contribution is 2.31. The summed E-state index contributed by atoms with van der Waals surface area (Å²) in [6, 6.07) is 17.5. The number of carbonyl (C=O) groups excluding carboxylic acids is 1. The first kappa shape index (κ1) is 18.8. The summed E-state index contributed by atoms with van der Waals surface area (Å²) in [6.45, 7) is 1.40. The number of rotatable bonds is 5. The van der Waals surface area contributed by atoms with Crippen LogP contribution in [-0.4, -0.2) is 27.0 Å². The molecule has 1 amide bonds. The van der Waals surface area contributed by atoms with Crippen molar-refractivity contribution >= 4 is 39.8 Å². The number of aromatic carboxylic acids is 1. The van der Waals surface area contributed by atoms with Gasteiger partial charge in [-0.3, -0.25) is 4.79 Å². The van der Waals surface area contributed by atoms with E-state index in [1.165, 1.54) is 6.92 Å². The highest BCUT2D eigenvalue weighted by Gasteiger charge is 2.19. The number of hydrogen-bond acceptors (Lipinski definition) is 5. The molecule has 0 aliphatic heterocycles. The van der Waals surface area contributed by atoms with E-state index >= 15 is 0 Å². The predicted octanol–water partition coefficient (Wildman–Crippen LogP) is 4.61. The molecule has 0 atom stereocenters. The number of thiazole rings is 1. The number of hydrogen-bond donors (Lipinski definition) is 2. The Morgan fingerprint density at radius 3 is 2.62 bits per heavy atom. The molecule has 2 N–H and O–H groups in total. The van der Waals surface area contributed by atoms with Gasteiger partial charge in [-0.15, -0.1) is 11.3 Å². The molecule has 7 heteroatoms. The van der Waals surface area contributed by atoms with E-state index in [9.17, 15) is 14.7 Å². The molecular weight excluding hydrogens is 386 g/mol. The summed E-state index contributed by atoms with van der Waals surface area (Å²) >= 11 is 1.12. The van der Waals surface area contributed by atoms with Crippen molar-refractivity contribution in [2.45, 2.75) is 13.3 Å². The first-order valence-corrected chi connectivity index (χ1v) is 9.76. The zero-order valence-electron chi connectivity index (χ0n) is 15.5. The number of aromatic nitrogens is 2.